The second kappa shape index (κ2) is 8.53. The van der Waals surface area contributed by atoms with E-state index in [1.54, 1.807) is 37.6 Å². The number of carbonyl (C=O) groups excluding carboxylic acids is 2. The number of rotatable bonds is 5. The highest BCUT2D eigenvalue weighted by molar-refractivity contribution is 6.29. The summed E-state index contributed by atoms with van der Waals surface area (Å²) in [4.78, 5) is 35.6. The predicted molar refractivity (Wildman–Crippen MR) is 116 cm³/mol. The number of pyridine rings is 2. The third-order valence-corrected chi connectivity index (χ3v) is 4.91. The third kappa shape index (κ3) is 4.24. The number of halogens is 1. The van der Waals surface area contributed by atoms with Gasteiger partial charge in [-0.15, -0.1) is 0 Å². The maximum absolute atomic E-state index is 13.4. The number of nitrogens with zero attached hydrogens (tertiary/aromatic N) is 5. The predicted octanol–water partition coefficient (Wildman–Crippen LogP) is 3.65. The highest BCUT2D eigenvalue weighted by Gasteiger charge is 2.27. The molecule has 8 nitrogen and oxygen atoms in total. The van der Waals surface area contributed by atoms with Crippen LogP contribution in [-0.4, -0.2) is 38.7 Å². The summed E-state index contributed by atoms with van der Waals surface area (Å²) >= 11 is 6.03. The number of anilines is 1. The van der Waals surface area contributed by atoms with Crippen LogP contribution in [-0.2, 0) is 18.3 Å². The molecule has 9 heteroatoms. The number of carbonyl (C=O) groups is 2. The minimum atomic E-state index is -0.633. The highest BCUT2D eigenvalue weighted by Crippen LogP contribution is 2.26. The van der Waals surface area contributed by atoms with Gasteiger partial charge in [0.25, 0.3) is 5.91 Å². The lowest BCUT2D eigenvalue weighted by atomic mass is 10.1. The largest absolute Gasteiger partial charge is 0.464 e. The molecule has 0 aliphatic rings. The van der Waals surface area contributed by atoms with Crippen LogP contribution in [0.2, 0.25) is 5.15 Å². The van der Waals surface area contributed by atoms with Gasteiger partial charge >= 0.3 is 5.97 Å². The van der Waals surface area contributed by atoms with E-state index in [-0.39, 0.29) is 18.1 Å². The van der Waals surface area contributed by atoms with Crippen LogP contribution in [0.5, 0.6) is 0 Å². The van der Waals surface area contributed by atoms with Gasteiger partial charge in [0.05, 0.1) is 30.4 Å². The van der Waals surface area contributed by atoms with Crippen LogP contribution in [0.4, 0.5) is 5.69 Å². The molecule has 0 unspecified atom stereocenters. The Kier molecular flexibility index (Phi) is 5.64. The lowest BCUT2D eigenvalue weighted by molar-refractivity contribution is 0.0594. The monoisotopic (exact) mass is 435 g/mol. The third-order valence-electron chi connectivity index (χ3n) is 4.70. The molecule has 31 heavy (non-hydrogen) atoms. The summed E-state index contributed by atoms with van der Waals surface area (Å²) in [5.74, 6) is -0.961. The van der Waals surface area contributed by atoms with Gasteiger partial charge in [-0.2, -0.15) is 5.10 Å². The number of amides is 1. The molecule has 0 saturated heterocycles. The van der Waals surface area contributed by atoms with Gasteiger partial charge in [-0.3, -0.25) is 14.5 Å². The minimum absolute atomic E-state index is 0.0456. The van der Waals surface area contributed by atoms with Crippen molar-refractivity contribution in [1.29, 1.82) is 0 Å². The highest BCUT2D eigenvalue weighted by atomic mass is 35.5. The van der Waals surface area contributed by atoms with Gasteiger partial charge in [-0.05, 0) is 35.9 Å². The van der Waals surface area contributed by atoms with Crippen molar-refractivity contribution < 1.29 is 14.3 Å². The van der Waals surface area contributed by atoms with E-state index in [9.17, 15) is 9.59 Å². The molecule has 1 amide bonds. The van der Waals surface area contributed by atoms with Crippen molar-refractivity contribution >= 4 is 40.1 Å². The lowest BCUT2D eigenvalue weighted by Gasteiger charge is -2.22. The van der Waals surface area contributed by atoms with E-state index in [0.29, 0.717) is 21.9 Å². The standard InChI is InChI=1S/C22H18ClN5O3/c1-27-13-18(20(26-27)22(30)31-2)28(21(29)16-4-3-9-24-11-16)12-14-5-6-15-7-8-19(23)25-17(15)10-14/h3-11,13H,12H2,1-2H3. The number of aromatic nitrogens is 4. The van der Waals surface area contributed by atoms with E-state index in [2.05, 4.69) is 15.1 Å². The topological polar surface area (TPSA) is 90.2 Å². The molecule has 3 aromatic heterocycles. The molecule has 1 aromatic carbocycles. The Bertz CT molecular complexity index is 1270. The second-order valence-corrected chi connectivity index (χ2v) is 7.21. The van der Waals surface area contributed by atoms with Crippen molar-refractivity contribution in [3.63, 3.8) is 0 Å². The number of aryl methyl sites for hydroxylation is 1. The first-order chi connectivity index (χ1) is 15.0. The zero-order chi connectivity index (χ0) is 22.0. The van der Waals surface area contributed by atoms with E-state index in [1.807, 2.05) is 24.3 Å². The Labute approximate surface area is 183 Å². The van der Waals surface area contributed by atoms with E-state index < -0.39 is 5.97 Å². The first-order valence-electron chi connectivity index (χ1n) is 9.35. The van der Waals surface area contributed by atoms with Crippen molar-refractivity contribution in [2.45, 2.75) is 6.54 Å². The van der Waals surface area contributed by atoms with Crippen LogP contribution in [0, 0.1) is 0 Å². The minimum Gasteiger partial charge on any atom is -0.464 e. The number of benzene rings is 1. The van der Waals surface area contributed by atoms with Crippen molar-refractivity contribution in [1.82, 2.24) is 19.7 Å². The van der Waals surface area contributed by atoms with E-state index in [1.165, 1.54) is 22.9 Å². The van der Waals surface area contributed by atoms with Gasteiger partial charge in [0, 0.05) is 31.0 Å². The molecular weight excluding hydrogens is 418 g/mol. The Hall–Kier alpha value is -3.78. The van der Waals surface area contributed by atoms with Crippen LogP contribution in [0.25, 0.3) is 10.9 Å². The summed E-state index contributed by atoms with van der Waals surface area (Å²) in [6, 6.07) is 12.6. The van der Waals surface area contributed by atoms with Gasteiger partial charge in [-0.25, -0.2) is 9.78 Å². The van der Waals surface area contributed by atoms with Crippen LogP contribution in [0.1, 0.15) is 26.4 Å². The summed E-state index contributed by atoms with van der Waals surface area (Å²) in [5.41, 5.74) is 2.27. The van der Waals surface area contributed by atoms with Crippen molar-refractivity contribution in [3.05, 3.63) is 83.0 Å². The average molecular weight is 436 g/mol. The zero-order valence-electron chi connectivity index (χ0n) is 16.8. The number of ether oxygens (including phenoxy) is 1. The quantitative estimate of drug-likeness (QED) is 0.351. The maximum Gasteiger partial charge on any atom is 0.360 e. The molecule has 0 atom stereocenters. The molecule has 4 aromatic rings. The second-order valence-electron chi connectivity index (χ2n) is 6.82. The van der Waals surface area contributed by atoms with Gasteiger partial charge < -0.3 is 9.64 Å². The number of fused-ring (bicyclic) bond motifs is 1. The average Bonchev–Trinajstić information content (AvgIpc) is 3.18. The summed E-state index contributed by atoms with van der Waals surface area (Å²) in [6.07, 6.45) is 4.67. The normalized spacial score (nSPS) is 10.8. The summed E-state index contributed by atoms with van der Waals surface area (Å²) in [6.45, 7) is 0.174. The number of methoxy groups -OCH3 is 1. The van der Waals surface area contributed by atoms with Crippen molar-refractivity contribution in [2.24, 2.45) is 7.05 Å². The lowest BCUT2D eigenvalue weighted by Crippen LogP contribution is -2.31. The summed E-state index contributed by atoms with van der Waals surface area (Å²) < 4.78 is 6.32. The number of hydrogen-bond donors (Lipinski definition) is 0. The summed E-state index contributed by atoms with van der Waals surface area (Å²) in [5, 5.41) is 5.49. The smallest absolute Gasteiger partial charge is 0.360 e. The van der Waals surface area contributed by atoms with E-state index >= 15 is 0 Å². The molecule has 156 valence electrons. The Morgan fingerprint density at radius 3 is 2.74 bits per heavy atom. The number of hydrogen-bond acceptors (Lipinski definition) is 6. The molecule has 0 aliphatic heterocycles. The van der Waals surface area contributed by atoms with Gasteiger partial charge in [0.1, 0.15) is 5.15 Å². The van der Waals surface area contributed by atoms with Gasteiger partial charge in [0.2, 0.25) is 0 Å². The molecule has 4 rings (SSSR count). The van der Waals surface area contributed by atoms with Gasteiger partial charge in [-0.1, -0.05) is 23.7 Å². The molecule has 0 N–H and O–H groups in total. The number of esters is 1. The van der Waals surface area contributed by atoms with Crippen molar-refractivity contribution in [2.75, 3.05) is 12.0 Å². The molecular formula is C22H18ClN5O3. The fourth-order valence-corrected chi connectivity index (χ4v) is 3.40. The molecule has 0 radical (unpaired) electrons. The van der Waals surface area contributed by atoms with Crippen LogP contribution >= 0.6 is 11.6 Å². The molecule has 0 spiro atoms. The Morgan fingerprint density at radius 1 is 1.19 bits per heavy atom. The first-order valence-corrected chi connectivity index (χ1v) is 9.73. The Balaban J connectivity index is 1.80. The fourth-order valence-electron chi connectivity index (χ4n) is 3.25. The maximum atomic E-state index is 13.4. The van der Waals surface area contributed by atoms with E-state index in [4.69, 9.17) is 16.3 Å². The molecule has 0 aliphatic carbocycles. The summed E-state index contributed by atoms with van der Waals surface area (Å²) in [7, 11) is 2.94. The molecule has 3 heterocycles. The van der Waals surface area contributed by atoms with E-state index in [0.717, 1.165) is 10.9 Å². The zero-order valence-corrected chi connectivity index (χ0v) is 17.6. The van der Waals surface area contributed by atoms with Crippen molar-refractivity contribution in [3.8, 4) is 0 Å². The molecule has 0 fully saturated rings. The van der Waals surface area contributed by atoms with Gasteiger partial charge in [0.15, 0.2) is 5.69 Å². The molecule has 0 bridgehead atoms. The van der Waals surface area contributed by atoms with Crippen LogP contribution in [0.15, 0.2) is 61.1 Å². The SMILES string of the molecule is COC(=O)c1nn(C)cc1N(Cc1ccc2ccc(Cl)nc2c1)C(=O)c1cccnc1. The first kappa shape index (κ1) is 20.5. The fraction of sp³-hybridized carbons (Fsp3) is 0.136. The molecule has 0 saturated carbocycles. The van der Waals surface area contributed by atoms with Crippen LogP contribution < -0.4 is 4.90 Å². The van der Waals surface area contributed by atoms with Crippen LogP contribution in [0.3, 0.4) is 0 Å². The Morgan fingerprint density at radius 2 is 2.00 bits per heavy atom.